The molecule has 0 spiro atoms. The van der Waals surface area contributed by atoms with Gasteiger partial charge in [-0.2, -0.15) is 0 Å². The molecule has 2 aromatic carbocycles. The summed E-state index contributed by atoms with van der Waals surface area (Å²) in [6.07, 6.45) is 2.97. The number of aryl methyl sites for hydroxylation is 4. The van der Waals surface area contributed by atoms with Gasteiger partial charge in [0.25, 0.3) is 0 Å². The molecule has 0 aliphatic heterocycles. The van der Waals surface area contributed by atoms with E-state index in [1.165, 1.54) is 36.7 Å². The summed E-state index contributed by atoms with van der Waals surface area (Å²) < 4.78 is 0. The van der Waals surface area contributed by atoms with Crippen LogP contribution in [0.3, 0.4) is 0 Å². The third-order valence-electron chi connectivity index (χ3n) is 7.35. The second-order valence-corrected chi connectivity index (χ2v) is 11.0. The van der Waals surface area contributed by atoms with Gasteiger partial charge in [-0.05, 0) is 64.1 Å². The quantitative estimate of drug-likeness (QED) is 0.193. The van der Waals surface area contributed by atoms with Crippen LogP contribution in [0.4, 0.5) is 0 Å². The number of aromatic hydroxyl groups is 2. The molecule has 0 fully saturated rings. The van der Waals surface area contributed by atoms with Crippen LogP contribution < -0.4 is 24.8 Å². The first-order valence-corrected chi connectivity index (χ1v) is 14.8. The predicted molar refractivity (Wildman–Crippen MR) is 184 cm³/mol. The molecule has 8 rings (SSSR count). The van der Waals surface area contributed by atoms with Crippen LogP contribution in [0.25, 0.3) is 55.0 Å². The molecule has 6 heterocycles. The largest absolute Gasteiger partial charge is 2.00 e. The van der Waals surface area contributed by atoms with E-state index in [4.69, 9.17) is 0 Å². The Morgan fingerprint density at radius 2 is 0.633 bits per heavy atom. The number of rotatable bonds is 1. The van der Waals surface area contributed by atoms with Crippen molar-refractivity contribution in [1.29, 1.82) is 0 Å². The maximum atomic E-state index is 9.21. The number of fused-ring (bicyclic) bond motifs is 6. The molecule has 248 valence electrons. The standard InChI is InChI=1S/2C14H12N2.C10H8N2O2.2ClH.Ru/c2*1-9-3-5-11-7-8-12-6-4-10(2)16-14(12)13(11)15-9;13-7-1-3-11-9(5-7)10-6-8(14)2-4-12-10;;;/h2*3-8H,1-2H3;1-6H,(H,11,13)(H,12,14);2*1H;/q;;;;;+2/p-2. The molecular weight excluding hydrogens is 744 g/mol. The van der Waals surface area contributed by atoms with E-state index in [0.29, 0.717) is 11.4 Å². The maximum Gasteiger partial charge on any atom is 2.00 e. The number of hydrogen-bond donors (Lipinski definition) is 2. The zero-order chi connectivity index (χ0) is 32.2. The van der Waals surface area contributed by atoms with Crippen molar-refractivity contribution >= 4 is 43.6 Å². The van der Waals surface area contributed by atoms with E-state index in [0.717, 1.165) is 66.4 Å². The van der Waals surface area contributed by atoms with E-state index in [-0.39, 0.29) is 55.8 Å². The second-order valence-electron chi connectivity index (χ2n) is 11.0. The number of benzene rings is 2. The van der Waals surface area contributed by atoms with Gasteiger partial charge in [-0.25, -0.2) is 0 Å². The molecule has 0 aliphatic rings. The minimum absolute atomic E-state index is 0. The van der Waals surface area contributed by atoms with Crippen molar-refractivity contribution in [3.63, 3.8) is 0 Å². The summed E-state index contributed by atoms with van der Waals surface area (Å²) in [5.74, 6) is 0.250. The molecule has 6 aromatic heterocycles. The molecule has 0 bridgehead atoms. The fourth-order valence-corrected chi connectivity index (χ4v) is 5.04. The van der Waals surface area contributed by atoms with E-state index in [9.17, 15) is 10.2 Å². The summed E-state index contributed by atoms with van der Waals surface area (Å²) in [5, 5.41) is 23.0. The molecule has 0 aliphatic carbocycles. The van der Waals surface area contributed by atoms with Crippen molar-refractivity contribution in [2.24, 2.45) is 0 Å². The summed E-state index contributed by atoms with van der Waals surface area (Å²) in [4.78, 5) is 26.4. The molecule has 0 radical (unpaired) electrons. The number of aromatic nitrogens is 6. The van der Waals surface area contributed by atoms with Crippen LogP contribution in [-0.4, -0.2) is 40.1 Å². The second kappa shape index (κ2) is 17.0. The molecule has 2 N–H and O–H groups in total. The Morgan fingerprint density at radius 1 is 0.388 bits per heavy atom. The topological polar surface area (TPSA) is 118 Å². The average molecular weight is 777 g/mol. The number of hydrogen-bond acceptors (Lipinski definition) is 8. The first-order valence-electron chi connectivity index (χ1n) is 14.8. The molecule has 0 unspecified atom stereocenters. The molecule has 11 heteroatoms. The smallest absolute Gasteiger partial charge is 1.00 e. The van der Waals surface area contributed by atoms with Gasteiger partial charge >= 0.3 is 19.5 Å². The van der Waals surface area contributed by atoms with Crippen LogP contribution in [-0.2, 0) is 19.5 Å². The Bertz CT molecular complexity index is 2090. The van der Waals surface area contributed by atoms with Gasteiger partial charge in [0.2, 0.25) is 0 Å². The molecule has 8 nitrogen and oxygen atoms in total. The fraction of sp³-hybridized carbons (Fsp3) is 0.105. The van der Waals surface area contributed by atoms with E-state index < -0.39 is 0 Å². The molecule has 0 amide bonds. The van der Waals surface area contributed by atoms with Crippen molar-refractivity contribution in [1.82, 2.24) is 29.9 Å². The van der Waals surface area contributed by atoms with Gasteiger partial charge < -0.3 is 35.0 Å². The Balaban J connectivity index is 0.000000194. The normalized spacial score (nSPS) is 10.1. The van der Waals surface area contributed by atoms with Gasteiger partial charge in [-0.3, -0.25) is 29.9 Å². The Kier molecular flexibility index (Phi) is 13.4. The summed E-state index contributed by atoms with van der Waals surface area (Å²) in [5.41, 5.74) is 9.19. The molecule has 0 atom stereocenters. The molecular formula is C38H32Cl2N6O2Ru. The zero-order valence-electron chi connectivity index (χ0n) is 27.1. The van der Waals surface area contributed by atoms with E-state index in [1.54, 1.807) is 0 Å². The van der Waals surface area contributed by atoms with Crippen LogP contribution in [0.2, 0.25) is 0 Å². The van der Waals surface area contributed by atoms with Crippen molar-refractivity contribution < 1.29 is 54.5 Å². The number of pyridine rings is 6. The van der Waals surface area contributed by atoms with Gasteiger partial charge in [0.05, 0.1) is 33.5 Å². The van der Waals surface area contributed by atoms with Crippen molar-refractivity contribution in [2.45, 2.75) is 27.7 Å². The fourth-order valence-electron chi connectivity index (χ4n) is 5.04. The number of halogens is 2. The van der Waals surface area contributed by atoms with Crippen molar-refractivity contribution in [2.75, 3.05) is 0 Å². The zero-order valence-corrected chi connectivity index (χ0v) is 30.3. The van der Waals surface area contributed by atoms with Crippen molar-refractivity contribution in [3.8, 4) is 22.9 Å². The first kappa shape index (κ1) is 38.6. The van der Waals surface area contributed by atoms with Crippen LogP contribution in [0, 0.1) is 27.7 Å². The van der Waals surface area contributed by atoms with Gasteiger partial charge in [-0.15, -0.1) is 0 Å². The molecule has 8 aromatic rings. The molecule has 0 saturated carbocycles. The number of nitrogens with zero attached hydrogens (tertiary/aromatic N) is 6. The van der Waals surface area contributed by atoms with E-state index in [1.807, 2.05) is 52.0 Å². The predicted octanol–water partition coefficient (Wildman–Crippen LogP) is 2.36. The minimum Gasteiger partial charge on any atom is -1.00 e. The van der Waals surface area contributed by atoms with Crippen LogP contribution >= 0.6 is 0 Å². The summed E-state index contributed by atoms with van der Waals surface area (Å²) >= 11 is 0. The Hall–Kier alpha value is -4.82. The van der Waals surface area contributed by atoms with Gasteiger partial charge in [0.15, 0.2) is 0 Å². The van der Waals surface area contributed by atoms with Crippen molar-refractivity contribution in [3.05, 3.63) is 132 Å². The molecule has 0 saturated heterocycles. The van der Waals surface area contributed by atoms with Crippen LogP contribution in [0.1, 0.15) is 22.8 Å². The Morgan fingerprint density at radius 3 is 0.878 bits per heavy atom. The summed E-state index contributed by atoms with van der Waals surface area (Å²) in [7, 11) is 0. The third kappa shape index (κ3) is 9.21. The third-order valence-corrected chi connectivity index (χ3v) is 7.35. The maximum absolute atomic E-state index is 9.21. The van der Waals surface area contributed by atoms with Gasteiger partial charge in [-0.1, -0.05) is 48.5 Å². The van der Waals surface area contributed by atoms with Crippen LogP contribution in [0.5, 0.6) is 11.5 Å². The summed E-state index contributed by atoms with van der Waals surface area (Å²) in [6, 6.07) is 30.8. The van der Waals surface area contributed by atoms with Gasteiger partial charge in [0, 0.05) is 68.8 Å². The van der Waals surface area contributed by atoms with E-state index in [2.05, 4.69) is 78.4 Å². The van der Waals surface area contributed by atoms with Crippen LogP contribution in [0.15, 0.2) is 109 Å². The average Bonchev–Trinajstić information content (AvgIpc) is 3.05. The summed E-state index contributed by atoms with van der Waals surface area (Å²) in [6.45, 7) is 8.03. The van der Waals surface area contributed by atoms with E-state index >= 15 is 0 Å². The molecule has 49 heavy (non-hydrogen) atoms. The SMILES string of the molecule is Cc1ccc2ccc3ccc(C)nc3c2n1.Cc1ccc2ccc3ccc(C)nc3c2n1.Oc1ccnc(-c2cc(O)ccn2)c1.[Cl-].[Cl-].[Ru+2]. The van der Waals surface area contributed by atoms with Gasteiger partial charge in [0.1, 0.15) is 11.5 Å². The monoisotopic (exact) mass is 776 g/mol. The minimum atomic E-state index is 0. The first-order chi connectivity index (χ1) is 22.2. The Labute approximate surface area is 309 Å².